The Morgan fingerprint density at radius 3 is 2.48 bits per heavy atom. The van der Waals surface area contributed by atoms with Crippen LogP contribution in [0.3, 0.4) is 0 Å². The van der Waals surface area contributed by atoms with Crippen molar-refractivity contribution in [2.24, 2.45) is 5.92 Å². The molecule has 0 radical (unpaired) electrons. The molecule has 0 saturated heterocycles. The highest BCUT2D eigenvalue weighted by Gasteiger charge is 2.33. The van der Waals surface area contributed by atoms with Gasteiger partial charge in [0.25, 0.3) is 0 Å². The molecule has 0 heterocycles. The van der Waals surface area contributed by atoms with Crippen molar-refractivity contribution in [2.45, 2.75) is 25.8 Å². The maximum Gasteiger partial charge on any atom is 0.125 e. The Hall–Kier alpha value is -1.06. The number of benzene rings is 2. The second-order valence-corrected chi connectivity index (χ2v) is 6.88. The lowest BCUT2D eigenvalue weighted by atomic mass is 10.0. The van der Waals surface area contributed by atoms with Crippen molar-refractivity contribution in [2.75, 3.05) is 5.32 Å². The first-order valence-electron chi connectivity index (χ1n) is 7.02. The summed E-state index contributed by atoms with van der Waals surface area (Å²) in [6.07, 6.45) is 2.42. The summed E-state index contributed by atoms with van der Waals surface area (Å²) in [4.78, 5) is 0. The minimum Gasteiger partial charge on any atom is -0.376 e. The van der Waals surface area contributed by atoms with Gasteiger partial charge in [-0.1, -0.05) is 41.4 Å². The van der Waals surface area contributed by atoms with Crippen molar-refractivity contribution < 1.29 is 4.39 Å². The molecule has 1 nitrogen and oxygen atoms in total. The zero-order chi connectivity index (χ0) is 15.0. The molecule has 2 aromatic carbocycles. The first-order valence-corrected chi connectivity index (χ1v) is 8.19. The Balaban J connectivity index is 1.91. The number of aryl methyl sites for hydroxylation is 1. The van der Waals surface area contributed by atoms with E-state index in [0.717, 1.165) is 5.69 Å². The van der Waals surface area contributed by atoms with Gasteiger partial charge in [-0.15, -0.1) is 0 Å². The van der Waals surface area contributed by atoms with Crippen LogP contribution < -0.4 is 5.32 Å². The zero-order valence-electron chi connectivity index (χ0n) is 11.7. The molecular formula is C17H16BrClFN. The summed E-state index contributed by atoms with van der Waals surface area (Å²) in [5, 5.41) is 3.90. The predicted octanol–water partition coefficient (Wildman–Crippen LogP) is 6.11. The third kappa shape index (κ3) is 3.41. The van der Waals surface area contributed by atoms with Gasteiger partial charge in [0.05, 0.1) is 16.8 Å². The Kier molecular flexibility index (Phi) is 4.23. The van der Waals surface area contributed by atoms with Crippen molar-refractivity contribution >= 4 is 33.2 Å². The molecule has 1 aliphatic carbocycles. The van der Waals surface area contributed by atoms with Gasteiger partial charge in [-0.2, -0.15) is 0 Å². The quantitative estimate of drug-likeness (QED) is 0.686. The topological polar surface area (TPSA) is 12.0 Å². The van der Waals surface area contributed by atoms with Crippen LogP contribution in [0.15, 0.2) is 40.9 Å². The summed E-state index contributed by atoms with van der Waals surface area (Å²) in [7, 11) is 0. The van der Waals surface area contributed by atoms with Crippen molar-refractivity contribution in [3.63, 3.8) is 0 Å². The Bertz CT molecular complexity index is 629. The van der Waals surface area contributed by atoms with Gasteiger partial charge in [-0.3, -0.25) is 0 Å². The van der Waals surface area contributed by atoms with E-state index in [4.69, 9.17) is 11.6 Å². The molecule has 2 aromatic rings. The maximum absolute atomic E-state index is 13.3. The van der Waals surface area contributed by atoms with Crippen molar-refractivity contribution in [1.82, 2.24) is 0 Å². The van der Waals surface area contributed by atoms with Crippen LogP contribution in [0.25, 0.3) is 0 Å². The standard InChI is InChI=1S/C17H16BrClFN/c1-10-2-4-11(5-3-10)16(12-6-7-12)21-17-14(18)8-13(20)9-15(17)19/h2-5,8-9,12,16,21H,6-7H2,1H3. The second kappa shape index (κ2) is 5.98. The predicted molar refractivity (Wildman–Crippen MR) is 89.4 cm³/mol. The average Bonchev–Trinajstić information content (AvgIpc) is 3.24. The highest BCUT2D eigenvalue weighted by molar-refractivity contribution is 9.10. The molecule has 3 rings (SSSR count). The third-order valence-electron chi connectivity index (χ3n) is 3.84. The molecule has 0 spiro atoms. The summed E-state index contributed by atoms with van der Waals surface area (Å²) < 4.78 is 14.0. The third-order valence-corrected chi connectivity index (χ3v) is 4.76. The van der Waals surface area contributed by atoms with Crippen LogP contribution >= 0.6 is 27.5 Å². The normalized spacial score (nSPS) is 15.8. The molecule has 0 aromatic heterocycles. The highest BCUT2D eigenvalue weighted by atomic mass is 79.9. The van der Waals surface area contributed by atoms with Crippen LogP contribution in [0, 0.1) is 18.7 Å². The van der Waals surface area contributed by atoms with Gasteiger partial charge in [-0.05, 0) is 59.3 Å². The van der Waals surface area contributed by atoms with E-state index in [0.29, 0.717) is 15.4 Å². The number of rotatable bonds is 4. The molecule has 4 heteroatoms. The Labute approximate surface area is 137 Å². The number of anilines is 1. The van der Waals surface area contributed by atoms with Crippen LogP contribution in [0.4, 0.5) is 10.1 Å². The van der Waals surface area contributed by atoms with Gasteiger partial charge in [0.15, 0.2) is 0 Å². The maximum atomic E-state index is 13.3. The summed E-state index contributed by atoms with van der Waals surface area (Å²) >= 11 is 9.58. The zero-order valence-corrected chi connectivity index (χ0v) is 14.0. The fraction of sp³-hybridized carbons (Fsp3) is 0.294. The minimum atomic E-state index is -0.337. The SMILES string of the molecule is Cc1ccc(C(Nc2c(Cl)cc(F)cc2Br)C2CC2)cc1. The van der Waals surface area contributed by atoms with E-state index < -0.39 is 0 Å². The Morgan fingerprint density at radius 2 is 1.90 bits per heavy atom. The van der Waals surface area contributed by atoms with Gasteiger partial charge in [0.2, 0.25) is 0 Å². The molecule has 1 fully saturated rings. The van der Waals surface area contributed by atoms with Crippen molar-refractivity contribution in [1.29, 1.82) is 0 Å². The van der Waals surface area contributed by atoms with E-state index in [-0.39, 0.29) is 11.9 Å². The van der Waals surface area contributed by atoms with E-state index in [2.05, 4.69) is 52.4 Å². The van der Waals surface area contributed by atoms with Gasteiger partial charge in [-0.25, -0.2) is 4.39 Å². The molecule has 1 aliphatic rings. The van der Waals surface area contributed by atoms with Crippen LogP contribution in [-0.4, -0.2) is 0 Å². The van der Waals surface area contributed by atoms with E-state index in [1.165, 1.54) is 36.1 Å². The molecule has 0 bridgehead atoms. The second-order valence-electron chi connectivity index (χ2n) is 5.61. The lowest BCUT2D eigenvalue weighted by Gasteiger charge is -2.22. The molecule has 1 N–H and O–H groups in total. The molecule has 0 amide bonds. The van der Waals surface area contributed by atoms with E-state index in [1.807, 2.05) is 0 Å². The van der Waals surface area contributed by atoms with E-state index in [9.17, 15) is 4.39 Å². The summed E-state index contributed by atoms with van der Waals surface area (Å²) in [6.45, 7) is 2.08. The number of nitrogens with one attached hydrogen (secondary N) is 1. The average molecular weight is 369 g/mol. The largest absolute Gasteiger partial charge is 0.376 e. The lowest BCUT2D eigenvalue weighted by molar-refractivity contribution is 0.626. The minimum absolute atomic E-state index is 0.213. The number of hydrogen-bond donors (Lipinski definition) is 1. The van der Waals surface area contributed by atoms with Crippen molar-refractivity contribution in [3.8, 4) is 0 Å². The lowest BCUT2D eigenvalue weighted by Crippen LogP contribution is -2.13. The number of hydrogen-bond acceptors (Lipinski definition) is 1. The fourth-order valence-electron chi connectivity index (χ4n) is 2.51. The van der Waals surface area contributed by atoms with E-state index in [1.54, 1.807) is 0 Å². The molecule has 110 valence electrons. The first-order chi connectivity index (χ1) is 10.0. The van der Waals surface area contributed by atoms with E-state index >= 15 is 0 Å². The summed E-state index contributed by atoms with van der Waals surface area (Å²) in [5.74, 6) is 0.274. The van der Waals surface area contributed by atoms with Crippen LogP contribution in [-0.2, 0) is 0 Å². The van der Waals surface area contributed by atoms with Crippen LogP contribution in [0.1, 0.15) is 30.0 Å². The van der Waals surface area contributed by atoms with Gasteiger partial charge >= 0.3 is 0 Å². The summed E-state index contributed by atoms with van der Waals surface area (Å²) in [5.41, 5.74) is 3.25. The molecule has 1 atom stereocenters. The molecule has 0 aliphatic heterocycles. The van der Waals surface area contributed by atoms with Gasteiger partial charge in [0, 0.05) is 4.47 Å². The molecular weight excluding hydrogens is 353 g/mol. The summed E-state index contributed by atoms with van der Waals surface area (Å²) in [6, 6.07) is 11.5. The smallest absolute Gasteiger partial charge is 0.125 e. The molecule has 1 unspecified atom stereocenters. The van der Waals surface area contributed by atoms with Gasteiger partial charge in [0.1, 0.15) is 5.82 Å². The van der Waals surface area contributed by atoms with Gasteiger partial charge < -0.3 is 5.32 Å². The highest BCUT2D eigenvalue weighted by Crippen LogP contribution is 2.45. The Morgan fingerprint density at radius 1 is 1.24 bits per heavy atom. The first kappa shape index (κ1) is 14.9. The number of halogens is 3. The van der Waals surface area contributed by atoms with Crippen LogP contribution in [0.2, 0.25) is 5.02 Å². The van der Waals surface area contributed by atoms with Crippen LogP contribution in [0.5, 0.6) is 0 Å². The monoisotopic (exact) mass is 367 g/mol. The van der Waals surface area contributed by atoms with Crippen molar-refractivity contribution in [3.05, 3.63) is 62.8 Å². The fourth-order valence-corrected chi connectivity index (χ4v) is 3.43. The molecule has 21 heavy (non-hydrogen) atoms. The molecule has 1 saturated carbocycles.